The van der Waals surface area contributed by atoms with Gasteiger partial charge in [0, 0.05) is 18.8 Å². The molecule has 0 fully saturated rings. The molecule has 13 nitrogen and oxygen atoms in total. The van der Waals surface area contributed by atoms with Gasteiger partial charge >= 0.3 is 17.9 Å². The molecule has 0 atom stereocenters. The van der Waals surface area contributed by atoms with Gasteiger partial charge in [-0.1, -0.05) is 18.3 Å². The van der Waals surface area contributed by atoms with Crippen molar-refractivity contribution >= 4 is 33.1 Å². The Bertz CT molecular complexity index is 1570. The minimum atomic E-state index is -4.55. The number of aryl methyl sites for hydroxylation is 1. The Morgan fingerprint density at radius 1 is 1.11 bits per heavy atom. The molecule has 36 heavy (non-hydrogen) atoms. The number of rotatable bonds is 6. The number of nitrogens with zero attached hydrogens (tertiary/aromatic N) is 5. The molecule has 14 heteroatoms. The van der Waals surface area contributed by atoms with Gasteiger partial charge in [0.25, 0.3) is 15.6 Å². The maximum absolute atomic E-state index is 13.6. The van der Waals surface area contributed by atoms with E-state index in [1.54, 1.807) is 24.0 Å². The lowest BCUT2D eigenvalue weighted by atomic mass is 9.93. The number of benzene rings is 1. The second-order valence-corrected chi connectivity index (χ2v) is 9.90. The summed E-state index contributed by atoms with van der Waals surface area (Å²) in [5.74, 6) is -0.112. The lowest BCUT2D eigenvalue weighted by molar-refractivity contribution is 0.151. The molecule has 2 heterocycles. The molecular weight excluding hydrogens is 494 g/mol. The third-order valence-corrected chi connectivity index (χ3v) is 6.23. The molecule has 0 aliphatic rings. The average molecular weight is 522 g/mol. The molecule has 3 aromatic rings. The van der Waals surface area contributed by atoms with Crippen LogP contribution in [0.4, 0.5) is 9.59 Å². The first kappa shape index (κ1) is 26.7. The fraction of sp³-hybridized carbons (Fsp3) is 0.409. The van der Waals surface area contributed by atoms with E-state index in [-0.39, 0.29) is 39.1 Å². The van der Waals surface area contributed by atoms with E-state index in [4.69, 9.17) is 9.47 Å². The maximum Gasteiger partial charge on any atom is 0.444 e. The summed E-state index contributed by atoms with van der Waals surface area (Å²) < 4.78 is 36.9. The van der Waals surface area contributed by atoms with Crippen molar-refractivity contribution in [3.63, 3.8) is 0 Å². The van der Waals surface area contributed by atoms with Crippen molar-refractivity contribution in [1.29, 1.82) is 0 Å². The van der Waals surface area contributed by atoms with Crippen LogP contribution in [0.15, 0.2) is 34.0 Å². The Morgan fingerprint density at radius 2 is 1.75 bits per heavy atom. The zero-order chi connectivity index (χ0) is 26.9. The van der Waals surface area contributed by atoms with Crippen LogP contribution in [0, 0.1) is 0 Å². The third kappa shape index (κ3) is 4.63. The number of carbonyl (C=O) groups is 2. The second-order valence-electron chi connectivity index (χ2n) is 8.09. The van der Waals surface area contributed by atoms with Crippen molar-refractivity contribution < 1.29 is 27.5 Å². The van der Waals surface area contributed by atoms with Crippen LogP contribution in [0.2, 0.25) is 0 Å². The van der Waals surface area contributed by atoms with Crippen molar-refractivity contribution in [2.75, 3.05) is 23.9 Å². The fourth-order valence-electron chi connectivity index (χ4n) is 3.77. The van der Waals surface area contributed by atoms with Crippen molar-refractivity contribution in [3.8, 4) is 11.3 Å². The zero-order valence-electron chi connectivity index (χ0n) is 20.7. The first-order valence-corrected chi connectivity index (χ1v) is 12.9. The highest BCUT2D eigenvalue weighted by Gasteiger charge is 2.33. The molecule has 1 amide bonds. The van der Waals surface area contributed by atoms with Crippen LogP contribution in [-0.2, 0) is 26.5 Å². The van der Waals surface area contributed by atoms with Crippen LogP contribution in [0.5, 0.6) is 0 Å². The summed E-state index contributed by atoms with van der Waals surface area (Å²) in [6, 6.07) is 4.65. The van der Waals surface area contributed by atoms with E-state index in [0.717, 1.165) is 0 Å². The number of fused-ring (bicyclic) bond motifs is 1. The van der Waals surface area contributed by atoms with E-state index < -0.39 is 33.5 Å². The van der Waals surface area contributed by atoms with Gasteiger partial charge in [-0.25, -0.2) is 22.8 Å². The summed E-state index contributed by atoms with van der Waals surface area (Å²) in [6.07, 6.45) is -0.452. The van der Waals surface area contributed by atoms with Gasteiger partial charge in [0.2, 0.25) is 0 Å². The van der Waals surface area contributed by atoms with Crippen LogP contribution in [0.1, 0.15) is 39.2 Å². The van der Waals surface area contributed by atoms with Gasteiger partial charge < -0.3 is 9.47 Å². The highest BCUT2D eigenvalue weighted by atomic mass is 32.2. The SMILES string of the molecule is CCOC(=O)N(n1c(=O)c2cc(-c3ccnn3C)c(C(C)C)cc2n(C(=O)OCC)c1=O)S(C)(=O)=O. The molecule has 1 aromatic carbocycles. The minimum absolute atomic E-state index is 0.0641. The molecular formula is C22H27N5O8S. The first-order chi connectivity index (χ1) is 16.8. The summed E-state index contributed by atoms with van der Waals surface area (Å²) in [6.45, 7) is 6.38. The van der Waals surface area contributed by atoms with Gasteiger partial charge in [0.05, 0.1) is 36.1 Å². The first-order valence-electron chi connectivity index (χ1n) is 11.0. The summed E-state index contributed by atoms with van der Waals surface area (Å²) in [7, 11) is -2.85. The zero-order valence-corrected chi connectivity index (χ0v) is 21.5. The van der Waals surface area contributed by atoms with Crippen LogP contribution in [0.3, 0.4) is 0 Å². The quantitative estimate of drug-likeness (QED) is 0.472. The largest absolute Gasteiger partial charge is 0.449 e. The van der Waals surface area contributed by atoms with Gasteiger partial charge in [-0.3, -0.25) is 9.48 Å². The molecule has 2 aromatic heterocycles. The number of carbonyl (C=O) groups excluding carboxylic acids is 2. The summed E-state index contributed by atoms with van der Waals surface area (Å²) >= 11 is 0. The number of hydrogen-bond donors (Lipinski definition) is 0. The molecule has 0 saturated heterocycles. The van der Waals surface area contributed by atoms with E-state index in [9.17, 15) is 27.6 Å². The predicted molar refractivity (Wildman–Crippen MR) is 131 cm³/mol. The van der Waals surface area contributed by atoms with Crippen molar-refractivity contribution in [2.45, 2.75) is 33.6 Å². The van der Waals surface area contributed by atoms with Gasteiger partial charge in [-0.05, 0) is 43.5 Å². The van der Waals surface area contributed by atoms with Crippen LogP contribution < -0.4 is 15.7 Å². The standard InChI is InChI=1S/C22H27N5O8S/c1-7-34-21(30)25-18-12-14(13(3)4)15(17-9-10-23-24(17)5)11-16(18)19(28)26(20(25)29)27(36(6,32)33)22(31)35-8-2/h9-13H,7-8H2,1-6H3. The highest BCUT2D eigenvalue weighted by molar-refractivity contribution is 7.92. The normalized spacial score (nSPS) is 11.6. The molecule has 0 aliphatic heterocycles. The molecule has 194 valence electrons. The van der Waals surface area contributed by atoms with Crippen LogP contribution in [-0.4, -0.2) is 59.1 Å². The van der Waals surface area contributed by atoms with Crippen molar-refractivity contribution in [2.24, 2.45) is 7.05 Å². The molecule has 0 radical (unpaired) electrons. The summed E-state index contributed by atoms with van der Waals surface area (Å²) in [4.78, 5) is 52.5. The van der Waals surface area contributed by atoms with Crippen LogP contribution >= 0.6 is 0 Å². The molecule has 0 spiro atoms. The fourth-order valence-corrected chi connectivity index (χ4v) is 4.53. The number of aromatic nitrogens is 4. The number of hydrogen-bond acceptors (Lipinski definition) is 9. The van der Waals surface area contributed by atoms with Gasteiger partial charge in [-0.15, -0.1) is 4.68 Å². The van der Waals surface area contributed by atoms with E-state index in [0.29, 0.717) is 27.6 Å². The lowest BCUT2D eigenvalue weighted by Crippen LogP contribution is -2.58. The number of amides is 1. The van der Waals surface area contributed by atoms with E-state index in [2.05, 4.69) is 5.10 Å². The topological polar surface area (TPSA) is 152 Å². The third-order valence-electron chi connectivity index (χ3n) is 5.29. The van der Waals surface area contributed by atoms with Crippen LogP contribution in [0.25, 0.3) is 22.2 Å². The monoisotopic (exact) mass is 521 g/mol. The summed E-state index contributed by atoms with van der Waals surface area (Å²) in [5.41, 5.74) is -0.777. The Kier molecular flexibility index (Phi) is 7.38. The Morgan fingerprint density at radius 3 is 2.25 bits per heavy atom. The molecule has 0 unspecified atom stereocenters. The summed E-state index contributed by atoms with van der Waals surface area (Å²) in [5, 5.41) is 3.95. The molecule has 0 bridgehead atoms. The number of ether oxygens (including phenoxy) is 2. The predicted octanol–water partition coefficient (Wildman–Crippen LogP) is 1.75. The Labute approximate surface area is 206 Å². The van der Waals surface area contributed by atoms with E-state index in [1.165, 1.54) is 26.0 Å². The molecule has 0 N–H and O–H groups in total. The second kappa shape index (κ2) is 9.97. The van der Waals surface area contributed by atoms with E-state index in [1.807, 2.05) is 13.8 Å². The average Bonchev–Trinajstić information content (AvgIpc) is 3.21. The van der Waals surface area contributed by atoms with E-state index >= 15 is 0 Å². The van der Waals surface area contributed by atoms with Crippen molar-refractivity contribution in [3.05, 3.63) is 50.8 Å². The smallest absolute Gasteiger partial charge is 0.444 e. The van der Waals surface area contributed by atoms with Gasteiger partial charge in [0.15, 0.2) is 0 Å². The van der Waals surface area contributed by atoms with Crippen molar-refractivity contribution in [1.82, 2.24) is 19.0 Å². The molecule has 0 saturated carbocycles. The lowest BCUT2D eigenvalue weighted by Gasteiger charge is -2.22. The molecule has 0 aliphatic carbocycles. The maximum atomic E-state index is 13.6. The highest BCUT2D eigenvalue weighted by Crippen LogP contribution is 2.32. The Hall–Kier alpha value is -3.94. The molecule has 3 rings (SSSR count). The number of sulfonamides is 1. The minimum Gasteiger partial charge on any atom is -0.449 e. The Balaban J connectivity index is 2.59. The van der Waals surface area contributed by atoms with Gasteiger partial charge in [0.1, 0.15) is 0 Å². The van der Waals surface area contributed by atoms with Gasteiger partial charge in [-0.2, -0.15) is 9.67 Å².